The van der Waals surface area contributed by atoms with Crippen LogP contribution < -0.4 is 4.90 Å². The van der Waals surface area contributed by atoms with E-state index < -0.39 is 9.84 Å². The predicted molar refractivity (Wildman–Crippen MR) is 87.3 cm³/mol. The third kappa shape index (κ3) is 5.46. The quantitative estimate of drug-likeness (QED) is 0.656. The number of sulfone groups is 1. The number of aromatic nitrogens is 2. The van der Waals surface area contributed by atoms with Gasteiger partial charge in [0.1, 0.15) is 5.82 Å². The van der Waals surface area contributed by atoms with Crippen molar-refractivity contribution in [3.05, 3.63) is 18.3 Å². The lowest BCUT2D eigenvalue weighted by atomic mass is 10.2. The molecule has 0 radical (unpaired) electrons. The average molecular weight is 311 g/mol. The van der Waals surface area contributed by atoms with Crippen LogP contribution in [0.5, 0.6) is 0 Å². The fourth-order valence-corrected chi connectivity index (χ4v) is 2.43. The van der Waals surface area contributed by atoms with Gasteiger partial charge in [0.25, 0.3) is 0 Å². The molecule has 1 aromatic heterocycles. The van der Waals surface area contributed by atoms with Crippen LogP contribution in [-0.2, 0) is 9.84 Å². The van der Waals surface area contributed by atoms with Gasteiger partial charge in [0.15, 0.2) is 0 Å². The number of unbranched alkanes of at least 4 members (excludes halogenated alkanes) is 2. The lowest BCUT2D eigenvalue weighted by Gasteiger charge is -2.24. The molecule has 0 fully saturated rings. The van der Waals surface area contributed by atoms with Crippen molar-refractivity contribution < 1.29 is 8.42 Å². The first kappa shape index (κ1) is 17.6. The monoisotopic (exact) mass is 311 g/mol. The van der Waals surface area contributed by atoms with Gasteiger partial charge in [-0.2, -0.15) is 0 Å². The average Bonchev–Trinajstić information content (AvgIpc) is 2.46. The van der Waals surface area contributed by atoms with Crippen molar-refractivity contribution in [2.24, 2.45) is 0 Å². The van der Waals surface area contributed by atoms with Gasteiger partial charge < -0.3 is 4.90 Å². The molecule has 1 aromatic rings. The molecule has 0 aliphatic rings. The van der Waals surface area contributed by atoms with Crippen LogP contribution in [-0.4, -0.2) is 37.7 Å². The highest BCUT2D eigenvalue weighted by atomic mass is 32.2. The minimum absolute atomic E-state index is 0.132. The topological polar surface area (TPSA) is 63.2 Å². The highest BCUT2D eigenvalue weighted by molar-refractivity contribution is 7.90. The first-order valence-electron chi connectivity index (χ1n) is 7.38. The molecule has 0 saturated heterocycles. The Labute approximate surface area is 128 Å². The Kier molecular flexibility index (Phi) is 6.81. The fourth-order valence-electron chi connectivity index (χ4n) is 1.90. The van der Waals surface area contributed by atoms with Crippen LogP contribution >= 0.6 is 0 Å². The molecule has 118 valence electrons. The summed E-state index contributed by atoms with van der Waals surface area (Å²) in [5.74, 6) is 0.669. The van der Waals surface area contributed by atoms with Crippen molar-refractivity contribution in [1.82, 2.24) is 9.97 Å². The molecule has 1 heterocycles. The van der Waals surface area contributed by atoms with Gasteiger partial charge in [-0.25, -0.2) is 18.4 Å². The van der Waals surface area contributed by atoms with Crippen LogP contribution in [0.1, 0.15) is 45.2 Å². The first-order valence-corrected chi connectivity index (χ1v) is 9.28. The summed E-state index contributed by atoms with van der Waals surface area (Å²) in [6.45, 7) is 9.68. The molecule has 1 rings (SSSR count). The van der Waals surface area contributed by atoms with Gasteiger partial charge in [-0.05, 0) is 18.9 Å². The van der Waals surface area contributed by atoms with Gasteiger partial charge in [-0.15, -0.1) is 0 Å². The second-order valence-electron chi connectivity index (χ2n) is 5.10. The Morgan fingerprint density at radius 1 is 1.19 bits per heavy atom. The second-order valence-corrected chi connectivity index (χ2v) is 7.01. The SMILES string of the molecule is C=Cc1cc(N(CCCC)CCCC)nc(S(C)(=O)=O)n1. The Hall–Kier alpha value is -1.43. The highest BCUT2D eigenvalue weighted by Gasteiger charge is 2.16. The van der Waals surface area contributed by atoms with Gasteiger partial charge in [-0.3, -0.25) is 0 Å². The molecule has 6 heteroatoms. The van der Waals surface area contributed by atoms with E-state index in [2.05, 4.69) is 35.3 Å². The summed E-state index contributed by atoms with van der Waals surface area (Å²) in [5, 5.41) is -0.132. The number of hydrogen-bond donors (Lipinski definition) is 0. The summed E-state index contributed by atoms with van der Waals surface area (Å²) >= 11 is 0. The van der Waals surface area contributed by atoms with Crippen molar-refractivity contribution in [1.29, 1.82) is 0 Å². The number of anilines is 1. The van der Waals surface area contributed by atoms with Crippen LogP contribution in [0, 0.1) is 0 Å². The van der Waals surface area contributed by atoms with E-state index in [0.717, 1.165) is 45.0 Å². The first-order chi connectivity index (χ1) is 9.92. The Balaban J connectivity index is 3.18. The van der Waals surface area contributed by atoms with Crippen LogP contribution in [0.4, 0.5) is 5.82 Å². The van der Waals surface area contributed by atoms with Crippen molar-refractivity contribution in [3.8, 4) is 0 Å². The lowest BCUT2D eigenvalue weighted by molar-refractivity contribution is 0.591. The number of rotatable bonds is 9. The third-order valence-electron chi connectivity index (χ3n) is 3.14. The van der Waals surface area contributed by atoms with Crippen molar-refractivity contribution in [3.63, 3.8) is 0 Å². The molecule has 0 amide bonds. The summed E-state index contributed by atoms with van der Waals surface area (Å²) in [5.41, 5.74) is 0.540. The molecule has 0 spiro atoms. The predicted octanol–water partition coefficient (Wildman–Crippen LogP) is 2.93. The molecule has 5 nitrogen and oxygen atoms in total. The van der Waals surface area contributed by atoms with E-state index in [1.54, 1.807) is 12.1 Å². The maximum Gasteiger partial charge on any atom is 0.249 e. The van der Waals surface area contributed by atoms with Gasteiger partial charge in [0.05, 0.1) is 5.69 Å². The van der Waals surface area contributed by atoms with Gasteiger partial charge in [-0.1, -0.05) is 33.3 Å². The van der Waals surface area contributed by atoms with E-state index in [-0.39, 0.29) is 5.16 Å². The van der Waals surface area contributed by atoms with E-state index in [0.29, 0.717) is 11.5 Å². The minimum Gasteiger partial charge on any atom is -0.356 e. The normalized spacial score (nSPS) is 11.4. The maximum absolute atomic E-state index is 11.7. The Bertz CT molecular complexity index is 562. The van der Waals surface area contributed by atoms with E-state index in [9.17, 15) is 8.42 Å². The summed E-state index contributed by atoms with van der Waals surface area (Å²) in [4.78, 5) is 10.4. The molecular weight excluding hydrogens is 286 g/mol. The van der Waals surface area contributed by atoms with Gasteiger partial charge in [0, 0.05) is 25.4 Å². The third-order valence-corrected chi connectivity index (χ3v) is 3.99. The smallest absolute Gasteiger partial charge is 0.249 e. The van der Waals surface area contributed by atoms with E-state index in [1.165, 1.54) is 0 Å². The van der Waals surface area contributed by atoms with Crippen molar-refractivity contribution in [2.45, 2.75) is 44.7 Å². The number of hydrogen-bond acceptors (Lipinski definition) is 5. The Morgan fingerprint density at radius 2 is 1.76 bits per heavy atom. The molecule has 0 bridgehead atoms. The summed E-state index contributed by atoms with van der Waals surface area (Å²) in [6.07, 6.45) is 6.94. The zero-order valence-electron chi connectivity index (χ0n) is 13.2. The maximum atomic E-state index is 11.7. The van der Waals surface area contributed by atoms with Crippen molar-refractivity contribution in [2.75, 3.05) is 24.2 Å². The Morgan fingerprint density at radius 3 is 2.19 bits per heavy atom. The van der Waals surface area contributed by atoms with E-state index >= 15 is 0 Å². The zero-order chi connectivity index (χ0) is 15.9. The van der Waals surface area contributed by atoms with E-state index in [1.807, 2.05) is 0 Å². The summed E-state index contributed by atoms with van der Waals surface area (Å²) in [7, 11) is -3.43. The number of nitrogens with zero attached hydrogens (tertiary/aromatic N) is 3. The van der Waals surface area contributed by atoms with Crippen molar-refractivity contribution >= 4 is 21.7 Å². The molecule has 0 aliphatic carbocycles. The lowest BCUT2D eigenvalue weighted by Crippen LogP contribution is -2.27. The van der Waals surface area contributed by atoms with Crippen LogP contribution in [0.3, 0.4) is 0 Å². The van der Waals surface area contributed by atoms with Crippen LogP contribution in [0.25, 0.3) is 6.08 Å². The summed E-state index contributed by atoms with van der Waals surface area (Å²) in [6, 6.07) is 1.80. The fraction of sp³-hybridized carbons (Fsp3) is 0.600. The van der Waals surface area contributed by atoms with E-state index in [4.69, 9.17) is 0 Å². The second kappa shape index (κ2) is 8.12. The molecule has 0 saturated carbocycles. The van der Waals surface area contributed by atoms with Gasteiger partial charge >= 0.3 is 0 Å². The molecule has 0 N–H and O–H groups in total. The standard InChI is InChI=1S/C15H25N3O2S/c1-5-8-10-18(11-9-6-2)14-12-13(7-3)16-15(17-14)21(4,19)20/h7,12H,3,5-6,8-11H2,1-2,4H3. The molecule has 0 aromatic carbocycles. The largest absolute Gasteiger partial charge is 0.356 e. The van der Waals surface area contributed by atoms with Crippen LogP contribution in [0.2, 0.25) is 0 Å². The molecule has 0 aliphatic heterocycles. The zero-order valence-corrected chi connectivity index (χ0v) is 14.0. The molecular formula is C15H25N3O2S. The van der Waals surface area contributed by atoms with Gasteiger partial charge in [0.2, 0.25) is 15.0 Å². The molecule has 0 atom stereocenters. The highest BCUT2D eigenvalue weighted by Crippen LogP contribution is 2.17. The minimum atomic E-state index is -3.43. The molecule has 21 heavy (non-hydrogen) atoms. The molecule has 0 unspecified atom stereocenters. The summed E-state index contributed by atoms with van der Waals surface area (Å²) < 4.78 is 23.5. The van der Waals surface area contributed by atoms with Crippen LogP contribution in [0.15, 0.2) is 17.8 Å².